The smallest absolute Gasteiger partial charge is 0.289 e. The molecule has 2 rings (SSSR count). The van der Waals surface area contributed by atoms with Crippen LogP contribution in [0.1, 0.15) is 34.8 Å². The predicted molar refractivity (Wildman–Crippen MR) is 80.5 cm³/mol. The van der Waals surface area contributed by atoms with E-state index in [1.54, 1.807) is 24.3 Å². The van der Waals surface area contributed by atoms with Crippen LogP contribution in [0.2, 0.25) is 0 Å². The highest BCUT2D eigenvalue weighted by Crippen LogP contribution is 2.30. The lowest BCUT2D eigenvalue weighted by molar-refractivity contribution is -0.137. The molecule has 0 aliphatic heterocycles. The van der Waals surface area contributed by atoms with Gasteiger partial charge in [-0.2, -0.15) is 13.2 Å². The molecule has 0 saturated heterocycles. The first-order valence-corrected chi connectivity index (χ1v) is 6.89. The van der Waals surface area contributed by atoms with Crippen molar-refractivity contribution in [2.45, 2.75) is 19.5 Å². The maximum atomic E-state index is 12.6. The summed E-state index contributed by atoms with van der Waals surface area (Å²) in [5.41, 5.74) is 1.20. The van der Waals surface area contributed by atoms with Gasteiger partial charge in [0.15, 0.2) is 5.78 Å². The van der Waals surface area contributed by atoms with Gasteiger partial charge in [0.25, 0.3) is 0 Å². The molecule has 0 unspecified atom stereocenters. The van der Waals surface area contributed by atoms with Gasteiger partial charge < -0.3 is 0 Å². The first-order chi connectivity index (χ1) is 10.4. The van der Waals surface area contributed by atoms with Gasteiger partial charge in [-0.05, 0) is 35.8 Å². The first-order valence-electron chi connectivity index (χ1n) is 6.89. The number of hydrogen-bond acceptors (Lipinski definition) is 1. The summed E-state index contributed by atoms with van der Waals surface area (Å²) in [6, 6.07) is 13.6. The SMILES string of the molecule is CC/C(=C\C(=O)c1ccccc1)c1ccc(C(F)(F)F)cc1. The van der Waals surface area contributed by atoms with Crippen LogP contribution < -0.4 is 0 Å². The van der Waals surface area contributed by atoms with Crippen LogP contribution in [0.25, 0.3) is 5.57 Å². The summed E-state index contributed by atoms with van der Waals surface area (Å²) in [6.07, 6.45) is -2.31. The van der Waals surface area contributed by atoms with E-state index in [0.29, 0.717) is 23.1 Å². The molecule has 0 aliphatic carbocycles. The molecule has 22 heavy (non-hydrogen) atoms. The van der Waals surface area contributed by atoms with Crippen LogP contribution in [-0.2, 0) is 6.18 Å². The van der Waals surface area contributed by atoms with Gasteiger partial charge in [0, 0.05) is 5.56 Å². The van der Waals surface area contributed by atoms with Crippen LogP contribution in [0.5, 0.6) is 0 Å². The van der Waals surface area contributed by atoms with Crippen LogP contribution in [0.15, 0.2) is 60.7 Å². The Morgan fingerprint density at radius 3 is 2.05 bits per heavy atom. The molecule has 1 nitrogen and oxygen atoms in total. The van der Waals surface area contributed by atoms with Crippen molar-refractivity contribution in [1.29, 1.82) is 0 Å². The van der Waals surface area contributed by atoms with E-state index in [2.05, 4.69) is 0 Å². The Labute approximate surface area is 127 Å². The summed E-state index contributed by atoms with van der Waals surface area (Å²) in [6.45, 7) is 1.86. The predicted octanol–water partition coefficient (Wildman–Crippen LogP) is 5.38. The summed E-state index contributed by atoms with van der Waals surface area (Å²) in [5.74, 6) is -0.155. The number of hydrogen-bond donors (Lipinski definition) is 0. The lowest BCUT2D eigenvalue weighted by Crippen LogP contribution is -2.04. The third kappa shape index (κ3) is 3.85. The number of benzene rings is 2. The Hall–Kier alpha value is -2.36. The van der Waals surface area contributed by atoms with Crippen molar-refractivity contribution in [3.8, 4) is 0 Å². The molecule has 0 atom stereocenters. The molecule has 0 N–H and O–H groups in total. The zero-order chi connectivity index (χ0) is 16.2. The average molecular weight is 304 g/mol. The molecular formula is C18H15F3O. The average Bonchev–Trinajstić information content (AvgIpc) is 2.52. The minimum Gasteiger partial charge on any atom is -0.289 e. The van der Waals surface area contributed by atoms with Crippen molar-refractivity contribution in [3.63, 3.8) is 0 Å². The van der Waals surface area contributed by atoms with Gasteiger partial charge in [0.2, 0.25) is 0 Å². The molecule has 0 aromatic heterocycles. The lowest BCUT2D eigenvalue weighted by atomic mass is 9.99. The second-order valence-electron chi connectivity index (χ2n) is 4.83. The van der Waals surface area contributed by atoms with Gasteiger partial charge in [-0.15, -0.1) is 0 Å². The van der Waals surface area contributed by atoms with E-state index < -0.39 is 11.7 Å². The molecular weight excluding hydrogens is 289 g/mol. The van der Waals surface area contributed by atoms with E-state index in [1.807, 2.05) is 13.0 Å². The molecule has 0 heterocycles. The summed E-state index contributed by atoms with van der Waals surface area (Å²) in [7, 11) is 0. The number of ketones is 1. The molecule has 0 aliphatic rings. The van der Waals surface area contributed by atoms with Crippen molar-refractivity contribution in [3.05, 3.63) is 77.4 Å². The molecule has 0 saturated carbocycles. The second-order valence-corrected chi connectivity index (χ2v) is 4.83. The highest BCUT2D eigenvalue weighted by Gasteiger charge is 2.29. The fraction of sp³-hybridized carbons (Fsp3) is 0.167. The number of halogens is 3. The number of rotatable bonds is 4. The number of carbonyl (C=O) groups is 1. The highest BCUT2D eigenvalue weighted by molar-refractivity contribution is 6.08. The summed E-state index contributed by atoms with van der Waals surface area (Å²) >= 11 is 0. The van der Waals surface area contributed by atoms with Crippen LogP contribution in [-0.4, -0.2) is 5.78 Å². The second kappa shape index (κ2) is 6.60. The van der Waals surface area contributed by atoms with Gasteiger partial charge in [-0.25, -0.2) is 0 Å². The summed E-state index contributed by atoms with van der Waals surface area (Å²) in [4.78, 5) is 12.2. The van der Waals surface area contributed by atoms with Crippen molar-refractivity contribution in [2.75, 3.05) is 0 Å². The third-order valence-corrected chi connectivity index (χ3v) is 3.33. The molecule has 0 amide bonds. The zero-order valence-corrected chi connectivity index (χ0v) is 12.0. The molecule has 0 fully saturated rings. The van der Waals surface area contributed by atoms with Crippen molar-refractivity contribution >= 4 is 11.4 Å². The quantitative estimate of drug-likeness (QED) is 0.547. The molecule has 2 aromatic carbocycles. The number of alkyl halides is 3. The molecule has 114 valence electrons. The number of carbonyl (C=O) groups excluding carboxylic acids is 1. The Morgan fingerprint density at radius 1 is 0.955 bits per heavy atom. The zero-order valence-electron chi connectivity index (χ0n) is 12.0. The summed E-state index contributed by atoms with van der Waals surface area (Å²) < 4.78 is 37.7. The fourth-order valence-corrected chi connectivity index (χ4v) is 2.11. The van der Waals surface area contributed by atoms with Crippen LogP contribution in [0, 0.1) is 0 Å². The van der Waals surface area contributed by atoms with E-state index in [0.717, 1.165) is 12.1 Å². The first kappa shape index (κ1) is 16.0. The number of allylic oxidation sites excluding steroid dienone is 2. The normalized spacial score (nSPS) is 12.3. The molecule has 0 radical (unpaired) electrons. The van der Waals surface area contributed by atoms with E-state index in [9.17, 15) is 18.0 Å². The minimum atomic E-state index is -4.35. The minimum absolute atomic E-state index is 0.155. The van der Waals surface area contributed by atoms with E-state index in [-0.39, 0.29) is 5.78 Å². The van der Waals surface area contributed by atoms with Crippen molar-refractivity contribution in [2.24, 2.45) is 0 Å². The Kier molecular flexibility index (Phi) is 4.81. The van der Waals surface area contributed by atoms with Gasteiger partial charge in [0.05, 0.1) is 5.56 Å². The van der Waals surface area contributed by atoms with Crippen molar-refractivity contribution < 1.29 is 18.0 Å². The standard InChI is InChI=1S/C18H15F3O/c1-2-13(12-17(22)15-6-4-3-5-7-15)14-8-10-16(11-9-14)18(19,20)21/h3-12H,2H2,1H3/b13-12+. The molecule has 0 bridgehead atoms. The summed E-state index contributed by atoms with van der Waals surface area (Å²) in [5, 5.41) is 0. The van der Waals surface area contributed by atoms with E-state index in [4.69, 9.17) is 0 Å². The van der Waals surface area contributed by atoms with Crippen LogP contribution in [0.3, 0.4) is 0 Å². The van der Waals surface area contributed by atoms with E-state index >= 15 is 0 Å². The van der Waals surface area contributed by atoms with Gasteiger partial charge >= 0.3 is 6.18 Å². The fourth-order valence-electron chi connectivity index (χ4n) is 2.11. The van der Waals surface area contributed by atoms with Crippen LogP contribution >= 0.6 is 0 Å². The monoisotopic (exact) mass is 304 g/mol. The van der Waals surface area contributed by atoms with Gasteiger partial charge in [0.1, 0.15) is 0 Å². The van der Waals surface area contributed by atoms with Gasteiger partial charge in [-0.3, -0.25) is 4.79 Å². The maximum Gasteiger partial charge on any atom is 0.416 e. The maximum absolute atomic E-state index is 12.6. The highest BCUT2D eigenvalue weighted by atomic mass is 19.4. The molecule has 2 aromatic rings. The largest absolute Gasteiger partial charge is 0.416 e. The van der Waals surface area contributed by atoms with E-state index in [1.165, 1.54) is 18.2 Å². The molecule has 4 heteroatoms. The Morgan fingerprint density at radius 2 is 1.55 bits per heavy atom. The molecule has 0 spiro atoms. The van der Waals surface area contributed by atoms with Crippen molar-refractivity contribution in [1.82, 2.24) is 0 Å². The Balaban J connectivity index is 2.28. The van der Waals surface area contributed by atoms with Crippen LogP contribution in [0.4, 0.5) is 13.2 Å². The van der Waals surface area contributed by atoms with Gasteiger partial charge in [-0.1, -0.05) is 49.4 Å². The lowest BCUT2D eigenvalue weighted by Gasteiger charge is -2.09. The third-order valence-electron chi connectivity index (χ3n) is 3.33. The Bertz CT molecular complexity index is 668. The topological polar surface area (TPSA) is 17.1 Å².